The van der Waals surface area contributed by atoms with Crippen LogP contribution in [0.15, 0.2) is 30.3 Å². The largest absolute Gasteiger partial charge is 0.457 e. The summed E-state index contributed by atoms with van der Waals surface area (Å²) in [5, 5.41) is 13.0. The summed E-state index contributed by atoms with van der Waals surface area (Å²) in [4.78, 5) is 38.5. The zero-order chi connectivity index (χ0) is 22.8. The van der Waals surface area contributed by atoms with Gasteiger partial charge >= 0.3 is 12.1 Å². The van der Waals surface area contributed by atoms with Crippen molar-refractivity contribution < 1.29 is 29.0 Å². The van der Waals surface area contributed by atoms with E-state index in [0.29, 0.717) is 25.3 Å². The van der Waals surface area contributed by atoms with Crippen LogP contribution in [0.1, 0.15) is 33.3 Å². The van der Waals surface area contributed by atoms with Gasteiger partial charge in [0, 0.05) is 25.7 Å². The van der Waals surface area contributed by atoms with E-state index in [4.69, 9.17) is 9.47 Å². The van der Waals surface area contributed by atoms with Crippen molar-refractivity contribution in [1.82, 2.24) is 10.2 Å². The normalized spacial score (nSPS) is 20.3. The number of aliphatic hydroxyl groups is 1. The number of ether oxygens (including phenoxy) is 2. The lowest BCUT2D eigenvalue weighted by molar-refractivity contribution is -0.174. The number of hydrogen-bond donors (Lipinski definition) is 2. The van der Waals surface area contributed by atoms with Crippen LogP contribution in [-0.2, 0) is 19.1 Å². The molecule has 0 bridgehead atoms. The fourth-order valence-electron chi connectivity index (χ4n) is 3.43. The molecule has 0 spiro atoms. The van der Waals surface area contributed by atoms with Crippen LogP contribution in [0.2, 0.25) is 0 Å². The predicted molar refractivity (Wildman–Crippen MR) is 114 cm³/mol. The molecule has 1 saturated heterocycles. The minimum Gasteiger partial charge on any atom is -0.457 e. The molecule has 3 rings (SSSR count). The van der Waals surface area contributed by atoms with Crippen LogP contribution in [0.5, 0.6) is 0 Å². The Morgan fingerprint density at radius 1 is 1.29 bits per heavy atom. The van der Waals surface area contributed by atoms with Crippen LogP contribution < -0.4 is 10.2 Å². The van der Waals surface area contributed by atoms with Gasteiger partial charge in [0.1, 0.15) is 11.7 Å². The molecule has 31 heavy (non-hydrogen) atoms. The summed E-state index contributed by atoms with van der Waals surface area (Å²) in [6.07, 6.45) is -0.213. The predicted octanol–water partition coefficient (Wildman–Crippen LogP) is 1.51. The quantitative estimate of drug-likeness (QED) is 0.657. The third-order valence-corrected chi connectivity index (χ3v) is 4.91. The second-order valence-electron chi connectivity index (χ2n) is 8.67. The maximum atomic E-state index is 12.2. The fraction of sp³-hybridized carbons (Fsp3) is 0.500. The molecule has 1 aromatic rings. The van der Waals surface area contributed by atoms with Gasteiger partial charge in [0.25, 0.3) is 0 Å². The Morgan fingerprint density at radius 2 is 1.97 bits per heavy atom. The number of benzene rings is 1. The van der Waals surface area contributed by atoms with Crippen molar-refractivity contribution in [2.24, 2.45) is 0 Å². The summed E-state index contributed by atoms with van der Waals surface area (Å²) >= 11 is 0. The molecule has 1 aromatic carbocycles. The Labute approximate surface area is 181 Å². The second-order valence-corrected chi connectivity index (χ2v) is 8.67. The molecular weight excluding hydrogens is 402 g/mol. The van der Waals surface area contributed by atoms with Gasteiger partial charge in [-0.1, -0.05) is 18.2 Å². The van der Waals surface area contributed by atoms with Gasteiger partial charge in [-0.15, -0.1) is 0 Å². The Hall–Kier alpha value is -2.91. The molecule has 9 nitrogen and oxygen atoms in total. The van der Waals surface area contributed by atoms with Gasteiger partial charge < -0.3 is 19.9 Å². The van der Waals surface area contributed by atoms with Crippen LogP contribution in [-0.4, -0.2) is 72.1 Å². The first kappa shape index (κ1) is 22.8. The smallest absolute Gasteiger partial charge is 0.414 e. The zero-order valence-electron chi connectivity index (χ0n) is 18.3. The maximum Gasteiger partial charge on any atom is 0.414 e. The molecule has 0 unspecified atom stereocenters. The highest BCUT2D eigenvalue weighted by Gasteiger charge is 2.33. The van der Waals surface area contributed by atoms with Gasteiger partial charge in [-0.05, 0) is 44.0 Å². The van der Waals surface area contributed by atoms with E-state index in [-0.39, 0.29) is 12.5 Å². The van der Waals surface area contributed by atoms with Crippen LogP contribution in [0, 0.1) is 0 Å². The van der Waals surface area contributed by atoms with Crippen molar-refractivity contribution in [3.05, 3.63) is 35.9 Å². The summed E-state index contributed by atoms with van der Waals surface area (Å²) in [6.45, 7) is 8.15. The number of carbonyl (C=O) groups excluding carboxylic acids is 3. The number of amides is 2. The Bertz CT molecular complexity index is 874. The molecule has 0 saturated carbocycles. The molecule has 0 radical (unpaired) electrons. The third kappa shape index (κ3) is 5.83. The number of nitrogens with one attached hydrogen (secondary N) is 1. The average Bonchev–Trinajstić information content (AvgIpc) is 3.31. The van der Waals surface area contributed by atoms with E-state index in [0.717, 1.165) is 11.1 Å². The van der Waals surface area contributed by atoms with Crippen molar-refractivity contribution >= 4 is 29.2 Å². The van der Waals surface area contributed by atoms with Gasteiger partial charge in [-0.3, -0.25) is 14.6 Å². The van der Waals surface area contributed by atoms with Crippen molar-refractivity contribution in [1.29, 1.82) is 0 Å². The van der Waals surface area contributed by atoms with E-state index in [9.17, 15) is 19.5 Å². The molecule has 2 atom stereocenters. The first-order valence-corrected chi connectivity index (χ1v) is 10.2. The summed E-state index contributed by atoms with van der Waals surface area (Å²) in [6, 6.07) is 7.42. The van der Waals surface area contributed by atoms with Gasteiger partial charge in [-0.25, -0.2) is 9.59 Å². The van der Waals surface area contributed by atoms with Crippen molar-refractivity contribution in [3.63, 3.8) is 0 Å². The van der Waals surface area contributed by atoms with E-state index in [1.807, 2.05) is 30.3 Å². The Morgan fingerprint density at radius 3 is 2.58 bits per heavy atom. The van der Waals surface area contributed by atoms with E-state index < -0.39 is 30.0 Å². The van der Waals surface area contributed by atoms with Crippen molar-refractivity contribution in [3.8, 4) is 0 Å². The van der Waals surface area contributed by atoms with Gasteiger partial charge in [0.2, 0.25) is 12.1 Å². The molecule has 1 fully saturated rings. The summed E-state index contributed by atoms with van der Waals surface area (Å²) < 4.78 is 10.5. The Balaban J connectivity index is 1.58. The Kier molecular flexibility index (Phi) is 6.66. The summed E-state index contributed by atoms with van der Waals surface area (Å²) in [5.74, 6) is -0.839. The molecule has 2 amide bonds. The van der Waals surface area contributed by atoms with Crippen LogP contribution in [0.25, 0.3) is 5.57 Å². The fourth-order valence-corrected chi connectivity index (χ4v) is 3.43. The number of aliphatic hydroxyl groups excluding tert-OH is 1. The van der Waals surface area contributed by atoms with E-state index in [1.165, 1.54) is 11.8 Å². The minimum absolute atomic E-state index is 0.172. The lowest BCUT2D eigenvalue weighted by Crippen LogP contribution is -2.43. The van der Waals surface area contributed by atoms with E-state index >= 15 is 0 Å². The van der Waals surface area contributed by atoms with Gasteiger partial charge in [0.15, 0.2) is 0 Å². The number of nitrogens with zero attached hydrogens (tertiary/aromatic N) is 2. The highest BCUT2D eigenvalue weighted by molar-refractivity contribution is 5.90. The molecule has 2 aliphatic heterocycles. The maximum absolute atomic E-state index is 12.2. The molecular formula is C22H29N3O6. The average molecular weight is 431 g/mol. The van der Waals surface area contributed by atoms with Gasteiger partial charge in [0.05, 0.1) is 13.1 Å². The molecule has 9 heteroatoms. The monoisotopic (exact) mass is 431 g/mol. The van der Waals surface area contributed by atoms with Crippen molar-refractivity contribution in [2.75, 3.05) is 31.1 Å². The number of rotatable bonds is 6. The van der Waals surface area contributed by atoms with E-state index in [2.05, 4.69) is 5.32 Å². The highest BCUT2D eigenvalue weighted by Crippen LogP contribution is 2.27. The molecule has 0 aliphatic carbocycles. The van der Waals surface area contributed by atoms with E-state index in [1.54, 1.807) is 25.7 Å². The number of carbonyl (C=O) groups is 3. The number of anilines is 1. The molecule has 168 valence electrons. The zero-order valence-corrected chi connectivity index (χ0v) is 18.3. The molecule has 2 N–H and O–H groups in total. The summed E-state index contributed by atoms with van der Waals surface area (Å²) in [5.41, 5.74) is 1.94. The SMILES string of the molecule is CC(=O)NC[C@H]1CN(c2ccc(C3=CCN([C@@H](O)C(=O)OC(C)(C)C)C3)cc2)C(=O)O1. The first-order valence-electron chi connectivity index (χ1n) is 10.2. The molecule has 2 aliphatic rings. The number of esters is 1. The lowest BCUT2D eigenvalue weighted by atomic mass is 10.1. The van der Waals surface area contributed by atoms with Crippen LogP contribution in [0.4, 0.5) is 10.5 Å². The molecule has 0 aromatic heterocycles. The number of hydrogen-bond acceptors (Lipinski definition) is 7. The van der Waals surface area contributed by atoms with Crippen LogP contribution >= 0.6 is 0 Å². The second kappa shape index (κ2) is 9.07. The number of cyclic esters (lactones) is 1. The van der Waals surface area contributed by atoms with Crippen LogP contribution in [0.3, 0.4) is 0 Å². The highest BCUT2D eigenvalue weighted by atomic mass is 16.6. The first-order chi connectivity index (χ1) is 14.5. The minimum atomic E-state index is -1.33. The topological polar surface area (TPSA) is 108 Å². The molecule has 2 heterocycles. The van der Waals surface area contributed by atoms with Crippen molar-refractivity contribution in [2.45, 2.75) is 45.6 Å². The van der Waals surface area contributed by atoms with Gasteiger partial charge in [-0.2, -0.15) is 0 Å². The summed E-state index contributed by atoms with van der Waals surface area (Å²) in [7, 11) is 0. The standard InChI is InChI=1S/C22H29N3O6/c1-14(26)23-11-18-13-25(21(29)30-18)17-7-5-15(6-8-17)16-9-10-24(12-16)19(27)20(28)31-22(2,3)4/h5-9,18-19,27H,10-13H2,1-4H3,(H,23,26)/t18-,19-/m0/s1. The lowest BCUT2D eigenvalue weighted by Gasteiger charge is -2.26. The third-order valence-electron chi connectivity index (χ3n) is 4.91.